The van der Waals surface area contributed by atoms with Crippen LogP contribution in [0.15, 0.2) is 47.4 Å². The zero-order valence-electron chi connectivity index (χ0n) is 16.7. The Morgan fingerprint density at radius 2 is 1.87 bits per heavy atom. The van der Waals surface area contributed by atoms with Crippen LogP contribution in [0, 0.1) is 0 Å². The number of rotatable bonds is 6. The quantitative estimate of drug-likeness (QED) is 0.684. The Labute approximate surface area is 183 Å². The van der Waals surface area contributed by atoms with Gasteiger partial charge >= 0.3 is 6.61 Å². The van der Waals surface area contributed by atoms with Crippen LogP contribution in [0.25, 0.3) is 0 Å². The van der Waals surface area contributed by atoms with Crippen LogP contribution in [0.3, 0.4) is 0 Å². The fraction of sp³-hybridized carbons (Fsp3) is 0.350. The molecule has 2 aromatic rings. The van der Waals surface area contributed by atoms with Gasteiger partial charge in [-0.05, 0) is 44.2 Å². The molecular formula is C20H21ClF2N2O5S. The summed E-state index contributed by atoms with van der Waals surface area (Å²) in [4.78, 5) is 12.5. The van der Waals surface area contributed by atoms with Crippen LogP contribution >= 0.6 is 11.6 Å². The third kappa shape index (κ3) is 5.70. The fourth-order valence-corrected chi connectivity index (χ4v) is 5.35. The second-order valence-corrected chi connectivity index (χ2v) is 9.40. The molecule has 1 heterocycles. The van der Waals surface area contributed by atoms with Gasteiger partial charge in [-0.1, -0.05) is 17.7 Å². The van der Waals surface area contributed by atoms with Crippen LogP contribution in [0.4, 0.5) is 14.5 Å². The van der Waals surface area contributed by atoms with Crippen LogP contribution in [-0.4, -0.2) is 50.5 Å². The molecule has 1 amide bonds. The number of amides is 1. The number of carbonyl (C=O) groups excluding carboxylic acids is 1. The summed E-state index contributed by atoms with van der Waals surface area (Å²) in [7, 11) is -3.97. The van der Waals surface area contributed by atoms with Gasteiger partial charge in [0.1, 0.15) is 10.6 Å². The molecule has 1 saturated heterocycles. The average molecular weight is 475 g/mol. The van der Waals surface area contributed by atoms with Gasteiger partial charge in [0.05, 0.1) is 17.2 Å². The second-order valence-electron chi connectivity index (χ2n) is 7.08. The van der Waals surface area contributed by atoms with E-state index in [-0.39, 0.29) is 52.2 Å². The van der Waals surface area contributed by atoms with Gasteiger partial charge in [0.15, 0.2) is 0 Å². The standard InChI is InChI=1S/C20H21ClF2N2O5S/c1-12-10-25(11-13(2)29-12)31(27,28)18-8-14(6-7-17(18)21)19(26)24-15-4-3-5-16(9-15)30-20(22)23/h3-9,12-13,20H,10-11H2,1-2H3,(H,24,26). The van der Waals surface area contributed by atoms with Gasteiger partial charge in [-0.2, -0.15) is 13.1 Å². The number of benzene rings is 2. The van der Waals surface area contributed by atoms with Gasteiger partial charge < -0.3 is 14.8 Å². The van der Waals surface area contributed by atoms with E-state index in [1.54, 1.807) is 13.8 Å². The molecule has 0 bridgehead atoms. The minimum atomic E-state index is -3.97. The van der Waals surface area contributed by atoms with Crippen LogP contribution in [-0.2, 0) is 14.8 Å². The predicted octanol–water partition coefficient (Wildman–Crippen LogP) is 3.99. The Hall–Kier alpha value is -2.27. The van der Waals surface area contributed by atoms with Crippen molar-refractivity contribution in [3.63, 3.8) is 0 Å². The first kappa shape index (κ1) is 23.4. The lowest BCUT2D eigenvalue weighted by Crippen LogP contribution is -2.48. The summed E-state index contributed by atoms with van der Waals surface area (Å²) in [5.74, 6) is -0.756. The summed E-state index contributed by atoms with van der Waals surface area (Å²) < 4.78 is 62.2. The van der Waals surface area contributed by atoms with Crippen molar-refractivity contribution in [2.24, 2.45) is 0 Å². The van der Waals surface area contributed by atoms with Crippen molar-refractivity contribution < 1.29 is 31.5 Å². The lowest BCUT2D eigenvalue weighted by atomic mass is 10.2. The average Bonchev–Trinajstić information content (AvgIpc) is 2.67. The normalized spacial score (nSPS) is 19.9. The highest BCUT2D eigenvalue weighted by molar-refractivity contribution is 7.89. The summed E-state index contributed by atoms with van der Waals surface area (Å²) in [6.45, 7) is 0.873. The third-order valence-corrected chi connectivity index (χ3v) is 6.83. The maximum atomic E-state index is 13.1. The van der Waals surface area contributed by atoms with E-state index in [0.29, 0.717) is 0 Å². The maximum absolute atomic E-state index is 13.1. The van der Waals surface area contributed by atoms with E-state index in [1.165, 1.54) is 46.8 Å². The highest BCUT2D eigenvalue weighted by atomic mass is 35.5. The van der Waals surface area contributed by atoms with E-state index in [2.05, 4.69) is 10.1 Å². The summed E-state index contributed by atoms with van der Waals surface area (Å²) in [5.41, 5.74) is 0.246. The molecule has 168 valence electrons. The number of nitrogens with zero attached hydrogens (tertiary/aromatic N) is 1. The van der Waals surface area contributed by atoms with Crippen molar-refractivity contribution in [1.82, 2.24) is 4.31 Å². The molecule has 3 rings (SSSR count). The predicted molar refractivity (Wildman–Crippen MR) is 111 cm³/mol. The van der Waals surface area contributed by atoms with E-state index in [1.807, 2.05) is 0 Å². The molecule has 0 spiro atoms. The minimum Gasteiger partial charge on any atom is -0.435 e. The van der Waals surface area contributed by atoms with Crippen molar-refractivity contribution in [3.8, 4) is 5.75 Å². The summed E-state index contributed by atoms with van der Waals surface area (Å²) >= 11 is 6.15. The van der Waals surface area contributed by atoms with E-state index >= 15 is 0 Å². The Bertz CT molecular complexity index is 1060. The Kier molecular flexibility index (Phi) is 7.15. The summed E-state index contributed by atoms with van der Waals surface area (Å²) in [5, 5.41) is 2.51. The lowest BCUT2D eigenvalue weighted by molar-refractivity contribution is -0.0498. The number of alkyl halides is 2. The molecule has 11 heteroatoms. The molecule has 1 aliphatic heterocycles. The Morgan fingerprint density at radius 3 is 2.52 bits per heavy atom. The molecular weight excluding hydrogens is 454 g/mol. The molecule has 0 aromatic heterocycles. The molecule has 2 unspecified atom stereocenters. The van der Waals surface area contributed by atoms with Gasteiger partial charge in [-0.15, -0.1) is 0 Å². The van der Waals surface area contributed by atoms with Crippen LogP contribution < -0.4 is 10.1 Å². The Morgan fingerprint density at radius 1 is 1.19 bits per heavy atom. The monoisotopic (exact) mass is 474 g/mol. The molecule has 0 aliphatic carbocycles. The highest BCUT2D eigenvalue weighted by Gasteiger charge is 2.33. The number of halogens is 3. The topological polar surface area (TPSA) is 84.9 Å². The summed E-state index contributed by atoms with van der Waals surface area (Å²) in [6, 6.07) is 9.37. The van der Waals surface area contributed by atoms with E-state index < -0.39 is 22.5 Å². The van der Waals surface area contributed by atoms with Gasteiger partial charge in [-0.25, -0.2) is 8.42 Å². The van der Waals surface area contributed by atoms with Gasteiger partial charge in [0.2, 0.25) is 10.0 Å². The highest BCUT2D eigenvalue weighted by Crippen LogP contribution is 2.28. The van der Waals surface area contributed by atoms with Crippen molar-refractivity contribution in [2.45, 2.75) is 37.6 Å². The molecule has 1 N–H and O–H groups in total. The van der Waals surface area contributed by atoms with Crippen LogP contribution in [0.2, 0.25) is 5.02 Å². The zero-order chi connectivity index (χ0) is 22.8. The summed E-state index contributed by atoms with van der Waals surface area (Å²) in [6.07, 6.45) is -0.571. The van der Waals surface area contributed by atoms with Crippen molar-refractivity contribution in [1.29, 1.82) is 0 Å². The molecule has 0 radical (unpaired) electrons. The lowest BCUT2D eigenvalue weighted by Gasteiger charge is -2.34. The molecule has 0 saturated carbocycles. The van der Waals surface area contributed by atoms with Crippen LogP contribution in [0.5, 0.6) is 5.75 Å². The molecule has 1 aliphatic rings. The smallest absolute Gasteiger partial charge is 0.387 e. The van der Waals surface area contributed by atoms with Gasteiger partial charge in [-0.3, -0.25) is 4.79 Å². The van der Waals surface area contributed by atoms with Gasteiger partial charge in [0.25, 0.3) is 5.91 Å². The Balaban J connectivity index is 1.84. The number of carbonyl (C=O) groups is 1. The number of sulfonamides is 1. The minimum absolute atomic E-state index is 0.0179. The number of morpholine rings is 1. The largest absolute Gasteiger partial charge is 0.435 e. The number of hydrogen-bond acceptors (Lipinski definition) is 5. The van der Waals surface area contributed by atoms with E-state index in [4.69, 9.17) is 16.3 Å². The van der Waals surface area contributed by atoms with E-state index in [0.717, 1.165) is 0 Å². The molecule has 2 aromatic carbocycles. The van der Waals surface area contributed by atoms with Crippen LogP contribution in [0.1, 0.15) is 24.2 Å². The SMILES string of the molecule is CC1CN(S(=O)(=O)c2cc(C(=O)Nc3cccc(OC(F)F)c3)ccc2Cl)CC(C)O1. The van der Waals surface area contributed by atoms with Gasteiger partial charge in [0, 0.05) is 30.4 Å². The number of anilines is 1. The number of nitrogens with one attached hydrogen (secondary N) is 1. The first-order valence-electron chi connectivity index (χ1n) is 9.37. The first-order valence-corrected chi connectivity index (χ1v) is 11.2. The van der Waals surface area contributed by atoms with Crippen molar-refractivity contribution in [2.75, 3.05) is 18.4 Å². The number of hydrogen-bond donors (Lipinski definition) is 1. The second kappa shape index (κ2) is 9.47. The first-order chi connectivity index (χ1) is 14.6. The maximum Gasteiger partial charge on any atom is 0.387 e. The molecule has 31 heavy (non-hydrogen) atoms. The third-order valence-electron chi connectivity index (χ3n) is 4.51. The van der Waals surface area contributed by atoms with Crippen molar-refractivity contribution >= 4 is 33.2 Å². The molecule has 7 nitrogen and oxygen atoms in total. The molecule has 2 atom stereocenters. The zero-order valence-corrected chi connectivity index (χ0v) is 18.3. The van der Waals surface area contributed by atoms with E-state index in [9.17, 15) is 22.0 Å². The molecule has 1 fully saturated rings. The van der Waals surface area contributed by atoms with Crippen molar-refractivity contribution in [3.05, 3.63) is 53.1 Å². The number of ether oxygens (including phenoxy) is 2. The fourth-order valence-electron chi connectivity index (χ4n) is 3.26.